The van der Waals surface area contributed by atoms with Crippen LogP contribution in [0.4, 0.5) is 4.79 Å². The highest BCUT2D eigenvalue weighted by Crippen LogP contribution is 2.13. The van der Waals surface area contributed by atoms with Crippen molar-refractivity contribution in [3.63, 3.8) is 0 Å². The van der Waals surface area contributed by atoms with Crippen LogP contribution < -0.4 is 5.32 Å². The average molecular weight is 256 g/mol. The summed E-state index contributed by atoms with van der Waals surface area (Å²) in [7, 11) is 0. The van der Waals surface area contributed by atoms with Crippen molar-refractivity contribution in [3.8, 4) is 0 Å². The summed E-state index contributed by atoms with van der Waals surface area (Å²) in [5, 5.41) is 11.3. The molecule has 0 unspecified atom stereocenters. The zero-order valence-corrected chi connectivity index (χ0v) is 10.6. The van der Waals surface area contributed by atoms with Gasteiger partial charge in [0.2, 0.25) is 0 Å². The summed E-state index contributed by atoms with van der Waals surface area (Å²) in [6.45, 7) is 6.96. The van der Waals surface area contributed by atoms with Crippen molar-refractivity contribution in [1.82, 2.24) is 10.2 Å². The number of carbonyl (C=O) groups is 2. The number of urea groups is 1. The molecule has 18 heavy (non-hydrogen) atoms. The molecule has 1 aliphatic heterocycles. The zero-order chi connectivity index (χ0) is 13.5. The third-order valence-electron chi connectivity index (χ3n) is 2.71. The van der Waals surface area contributed by atoms with Crippen LogP contribution >= 0.6 is 0 Å². The largest absolute Gasteiger partial charge is 0.480 e. The molecule has 1 fully saturated rings. The summed E-state index contributed by atoms with van der Waals surface area (Å²) < 4.78 is 5.20. The molecule has 0 atom stereocenters. The fourth-order valence-corrected chi connectivity index (χ4v) is 1.75. The lowest BCUT2D eigenvalue weighted by Gasteiger charge is -2.31. The van der Waals surface area contributed by atoms with Crippen molar-refractivity contribution in [2.45, 2.75) is 25.9 Å². The van der Waals surface area contributed by atoms with Crippen LogP contribution in [0.25, 0.3) is 0 Å². The topological polar surface area (TPSA) is 78.9 Å². The molecule has 1 saturated heterocycles. The molecule has 1 rings (SSSR count). The van der Waals surface area contributed by atoms with Gasteiger partial charge in [0.15, 0.2) is 0 Å². The molecule has 6 nitrogen and oxygen atoms in total. The Bertz CT molecular complexity index is 322. The fourth-order valence-electron chi connectivity index (χ4n) is 1.75. The number of likely N-dealkylation sites (tertiary alicyclic amines) is 1. The molecule has 0 aromatic heterocycles. The molecule has 102 valence electrons. The molecule has 0 bridgehead atoms. The minimum absolute atomic E-state index is 0.0636. The number of carboxylic acid groups (broad SMARTS) is 1. The molecule has 0 saturated carbocycles. The third kappa shape index (κ3) is 5.18. The number of hydrogen-bond donors (Lipinski definition) is 2. The summed E-state index contributed by atoms with van der Waals surface area (Å²) in [6, 6.07) is -0.102. The van der Waals surface area contributed by atoms with Gasteiger partial charge in [-0.1, -0.05) is 12.2 Å². The molecule has 1 aliphatic rings. The first-order valence-electron chi connectivity index (χ1n) is 5.99. The number of carboxylic acids is 1. The summed E-state index contributed by atoms with van der Waals surface area (Å²) in [6.07, 6.45) is 1.29. The van der Waals surface area contributed by atoms with Gasteiger partial charge >= 0.3 is 12.0 Å². The summed E-state index contributed by atoms with van der Waals surface area (Å²) in [5.41, 5.74) is 0.906. The van der Waals surface area contributed by atoms with Gasteiger partial charge in [0.1, 0.15) is 6.61 Å². The highest BCUT2D eigenvalue weighted by Gasteiger charge is 2.23. The third-order valence-corrected chi connectivity index (χ3v) is 2.71. The Hall–Kier alpha value is -1.56. The van der Waals surface area contributed by atoms with Crippen molar-refractivity contribution >= 4 is 12.0 Å². The second-order valence-corrected chi connectivity index (χ2v) is 4.51. The van der Waals surface area contributed by atoms with E-state index in [1.165, 1.54) is 0 Å². The minimum atomic E-state index is -0.961. The highest BCUT2D eigenvalue weighted by molar-refractivity contribution is 5.74. The van der Waals surface area contributed by atoms with Crippen LogP contribution in [-0.2, 0) is 9.53 Å². The number of ether oxygens (including phenoxy) is 1. The molecule has 0 radical (unpaired) electrons. The van der Waals surface area contributed by atoms with E-state index in [1.54, 1.807) is 4.90 Å². The number of nitrogens with one attached hydrogen (secondary N) is 1. The van der Waals surface area contributed by atoms with Crippen LogP contribution in [0.1, 0.15) is 19.8 Å². The molecule has 0 aliphatic carbocycles. The summed E-state index contributed by atoms with van der Waals surface area (Å²) >= 11 is 0. The van der Waals surface area contributed by atoms with Gasteiger partial charge in [-0.3, -0.25) is 0 Å². The molecule has 6 heteroatoms. The molecule has 2 N–H and O–H groups in total. The van der Waals surface area contributed by atoms with Crippen LogP contribution in [0.2, 0.25) is 0 Å². The number of nitrogens with zero attached hydrogens (tertiary/aromatic N) is 1. The van der Waals surface area contributed by atoms with E-state index in [9.17, 15) is 9.59 Å². The molecular formula is C12H20N2O4. The molecule has 0 aromatic rings. The number of rotatable bonds is 5. The van der Waals surface area contributed by atoms with Gasteiger partial charge in [0.25, 0.3) is 0 Å². The maximum Gasteiger partial charge on any atom is 0.329 e. The Morgan fingerprint density at radius 1 is 1.44 bits per heavy atom. The van der Waals surface area contributed by atoms with E-state index < -0.39 is 5.97 Å². The van der Waals surface area contributed by atoms with Crippen molar-refractivity contribution in [1.29, 1.82) is 0 Å². The van der Waals surface area contributed by atoms with Gasteiger partial charge < -0.3 is 20.1 Å². The standard InChI is InChI=1S/C12H20N2O4/c1-9(2)7-13-12(17)14-5-3-10(4-6-14)18-8-11(15)16/h10H,1,3-8H2,2H3,(H,13,17)(H,15,16). The first kappa shape index (κ1) is 14.5. The van der Waals surface area contributed by atoms with E-state index in [0.717, 1.165) is 5.57 Å². The van der Waals surface area contributed by atoms with Gasteiger partial charge in [-0.2, -0.15) is 0 Å². The Labute approximate surface area is 107 Å². The SMILES string of the molecule is C=C(C)CNC(=O)N1CCC(OCC(=O)O)CC1. The van der Waals surface area contributed by atoms with Gasteiger partial charge in [-0.15, -0.1) is 0 Å². The average Bonchev–Trinajstić information content (AvgIpc) is 2.34. The quantitative estimate of drug-likeness (QED) is 0.714. The van der Waals surface area contributed by atoms with E-state index in [-0.39, 0.29) is 18.7 Å². The van der Waals surface area contributed by atoms with Gasteiger partial charge in [-0.05, 0) is 19.8 Å². The second kappa shape index (κ2) is 7.00. The molecule has 1 heterocycles. The van der Waals surface area contributed by atoms with E-state index in [0.29, 0.717) is 32.5 Å². The number of piperidine rings is 1. The molecular weight excluding hydrogens is 236 g/mol. The Kier molecular flexibility index (Phi) is 5.64. The molecule has 0 spiro atoms. The van der Waals surface area contributed by atoms with Crippen molar-refractivity contribution in [2.75, 3.05) is 26.2 Å². The van der Waals surface area contributed by atoms with Gasteiger partial charge in [0.05, 0.1) is 6.10 Å². The van der Waals surface area contributed by atoms with Crippen LogP contribution in [-0.4, -0.2) is 54.4 Å². The maximum absolute atomic E-state index is 11.7. The minimum Gasteiger partial charge on any atom is -0.480 e. The Morgan fingerprint density at radius 3 is 2.56 bits per heavy atom. The molecule has 2 amide bonds. The first-order chi connectivity index (χ1) is 8.49. The van der Waals surface area contributed by atoms with E-state index in [1.807, 2.05) is 6.92 Å². The van der Waals surface area contributed by atoms with Crippen LogP contribution in [0, 0.1) is 0 Å². The number of aliphatic carboxylic acids is 1. The van der Waals surface area contributed by atoms with E-state index >= 15 is 0 Å². The monoisotopic (exact) mass is 256 g/mol. The predicted molar refractivity (Wildman–Crippen MR) is 66.4 cm³/mol. The normalized spacial score (nSPS) is 16.4. The summed E-state index contributed by atoms with van der Waals surface area (Å²) in [4.78, 5) is 23.8. The Balaban J connectivity index is 2.24. The lowest BCUT2D eigenvalue weighted by atomic mass is 10.1. The number of hydrogen-bond acceptors (Lipinski definition) is 3. The smallest absolute Gasteiger partial charge is 0.329 e. The van der Waals surface area contributed by atoms with Gasteiger partial charge in [-0.25, -0.2) is 9.59 Å². The van der Waals surface area contributed by atoms with Crippen molar-refractivity contribution in [2.24, 2.45) is 0 Å². The van der Waals surface area contributed by atoms with Crippen molar-refractivity contribution < 1.29 is 19.4 Å². The number of amides is 2. The highest BCUT2D eigenvalue weighted by atomic mass is 16.5. The van der Waals surface area contributed by atoms with Crippen LogP contribution in [0.15, 0.2) is 12.2 Å². The Morgan fingerprint density at radius 2 is 2.06 bits per heavy atom. The number of carbonyl (C=O) groups excluding carboxylic acids is 1. The van der Waals surface area contributed by atoms with Crippen LogP contribution in [0.3, 0.4) is 0 Å². The maximum atomic E-state index is 11.7. The lowest BCUT2D eigenvalue weighted by molar-refractivity contribution is -0.145. The first-order valence-corrected chi connectivity index (χ1v) is 5.99. The predicted octanol–water partition coefficient (Wildman–Crippen LogP) is 0.838. The van der Waals surface area contributed by atoms with Crippen molar-refractivity contribution in [3.05, 3.63) is 12.2 Å². The zero-order valence-electron chi connectivity index (χ0n) is 10.6. The van der Waals surface area contributed by atoms with Crippen LogP contribution in [0.5, 0.6) is 0 Å². The summed E-state index contributed by atoms with van der Waals surface area (Å²) in [5.74, 6) is -0.961. The van der Waals surface area contributed by atoms with E-state index in [4.69, 9.17) is 9.84 Å². The molecule has 0 aromatic carbocycles. The fraction of sp³-hybridized carbons (Fsp3) is 0.667. The lowest BCUT2D eigenvalue weighted by Crippen LogP contribution is -2.46. The van der Waals surface area contributed by atoms with Gasteiger partial charge in [0, 0.05) is 19.6 Å². The van der Waals surface area contributed by atoms with E-state index in [2.05, 4.69) is 11.9 Å². The second-order valence-electron chi connectivity index (χ2n) is 4.51.